The quantitative estimate of drug-likeness (QED) is 0.0745. The van der Waals surface area contributed by atoms with Gasteiger partial charge in [-0.15, -0.1) is 10.2 Å². The maximum atomic E-state index is 12.5. The predicted molar refractivity (Wildman–Crippen MR) is 193 cm³/mol. The maximum Gasteiger partial charge on any atom is 0.230 e. The van der Waals surface area contributed by atoms with E-state index in [4.69, 9.17) is 11.5 Å². The second kappa shape index (κ2) is 20.9. The molecule has 0 fully saturated rings. The topological polar surface area (TPSA) is 156 Å². The average Bonchev–Trinajstić information content (AvgIpc) is 3.50. The maximum absolute atomic E-state index is 12.5. The fraction of sp³-hybridized carbons (Fsp3) is 0.270. The van der Waals surface area contributed by atoms with Crippen LogP contribution in [-0.2, 0) is 46.6 Å². The lowest BCUT2D eigenvalue weighted by atomic mass is 10.1. The van der Waals surface area contributed by atoms with E-state index in [0.29, 0.717) is 23.7 Å². The molecule has 0 saturated heterocycles. The lowest BCUT2D eigenvalue weighted by Crippen LogP contribution is -2.28. The Hall–Kier alpha value is -5.13. The molecule has 48 heavy (non-hydrogen) atoms. The van der Waals surface area contributed by atoms with Gasteiger partial charge < -0.3 is 31.8 Å². The van der Waals surface area contributed by atoms with Gasteiger partial charge in [-0.2, -0.15) is 0 Å². The van der Waals surface area contributed by atoms with Crippen molar-refractivity contribution < 1.29 is 14.4 Å². The number of nitrogens with zero attached hydrogens (tertiary/aromatic N) is 3. The summed E-state index contributed by atoms with van der Waals surface area (Å²) in [5.74, 6) is -0.0338. The van der Waals surface area contributed by atoms with Crippen LogP contribution in [0, 0.1) is 0 Å². The van der Waals surface area contributed by atoms with Crippen molar-refractivity contribution in [2.24, 2.45) is 11.5 Å². The van der Waals surface area contributed by atoms with Gasteiger partial charge in [0, 0.05) is 25.1 Å². The van der Waals surface area contributed by atoms with Crippen LogP contribution in [0.5, 0.6) is 0 Å². The second-order valence-corrected chi connectivity index (χ2v) is 12.5. The summed E-state index contributed by atoms with van der Waals surface area (Å²) >= 11 is 1.39. The van der Waals surface area contributed by atoms with Gasteiger partial charge in [-0.1, -0.05) is 96.3 Å². The zero-order chi connectivity index (χ0) is 34.6. The predicted octanol–water partition coefficient (Wildman–Crippen LogP) is 4.92. The fourth-order valence-electron chi connectivity index (χ4n) is 4.58. The number of carbonyl (C=O) groups is 3. The highest BCUT2D eigenvalue weighted by Gasteiger charge is 2.10. The molecule has 2 amide bonds. The first kappa shape index (κ1) is 37.3. The molecule has 0 atom stereocenters. The number of rotatable bonds is 16. The summed E-state index contributed by atoms with van der Waals surface area (Å²) in [6.07, 6.45) is 8.50. The van der Waals surface area contributed by atoms with Gasteiger partial charge in [0.1, 0.15) is 17.1 Å². The van der Waals surface area contributed by atoms with Gasteiger partial charge in [0.2, 0.25) is 16.9 Å². The summed E-state index contributed by atoms with van der Waals surface area (Å²) in [6.45, 7) is 0.828. The number of anilines is 1. The van der Waals surface area contributed by atoms with Crippen LogP contribution in [0.3, 0.4) is 0 Å². The number of amides is 2. The minimum atomic E-state index is -0.177. The molecule has 0 aliphatic heterocycles. The number of allylic oxidation sites excluding steroid dienone is 3. The largest absolute Gasteiger partial charge is 0.402 e. The molecule has 3 aromatic carbocycles. The van der Waals surface area contributed by atoms with Crippen molar-refractivity contribution in [1.82, 2.24) is 20.4 Å². The summed E-state index contributed by atoms with van der Waals surface area (Å²) in [7, 11) is 4.04. The highest BCUT2D eigenvalue weighted by atomic mass is 32.1. The lowest BCUT2D eigenvalue weighted by molar-refractivity contribution is -0.119. The number of nitrogens with one attached hydrogen (secondary N) is 2. The Morgan fingerprint density at radius 1 is 0.792 bits per heavy atom. The summed E-state index contributed by atoms with van der Waals surface area (Å²) in [6, 6.07) is 27.2. The van der Waals surface area contributed by atoms with Crippen LogP contribution in [0.4, 0.5) is 5.13 Å². The molecule has 0 bridgehead atoms. The molecule has 0 spiro atoms. The normalized spacial score (nSPS) is 11.4. The summed E-state index contributed by atoms with van der Waals surface area (Å²) in [5, 5.41) is 15.2. The standard InChI is InChI=1S/C29H37N7O2S.C8H8O/c1-36(2)20-23-12-8-11-22(17-23)19-27(38)33-29-35-34-28(39-29)14-7-6-13-24(30)15-16-25(31)32-26(37)18-21-9-4-3-5-10-21;9-7-6-8-4-2-1-3-5-8/h3-5,8-12,15-17H,6-7,13-14,18-20,30-31H2,1-2H3,(H,32,37)(H,33,35,38);1-5,7H,6H2/b24-15-,25-16+;. The molecule has 10 nitrogen and oxygen atoms in total. The molecule has 1 heterocycles. The molecule has 0 radical (unpaired) electrons. The fourth-order valence-corrected chi connectivity index (χ4v) is 5.38. The van der Waals surface area contributed by atoms with Crippen molar-refractivity contribution in [3.63, 3.8) is 0 Å². The number of carbonyl (C=O) groups excluding carboxylic acids is 3. The van der Waals surface area contributed by atoms with Gasteiger partial charge in [0.15, 0.2) is 0 Å². The van der Waals surface area contributed by atoms with Crippen molar-refractivity contribution in [3.05, 3.63) is 136 Å². The van der Waals surface area contributed by atoms with Gasteiger partial charge in [-0.3, -0.25) is 9.59 Å². The van der Waals surface area contributed by atoms with Crippen LogP contribution in [0.25, 0.3) is 0 Å². The van der Waals surface area contributed by atoms with Gasteiger partial charge in [-0.05, 0) is 67.8 Å². The van der Waals surface area contributed by atoms with E-state index in [2.05, 4.69) is 37.9 Å². The minimum absolute atomic E-state index is 0.110. The van der Waals surface area contributed by atoms with E-state index in [-0.39, 0.29) is 30.5 Å². The number of aldehydes is 1. The third kappa shape index (κ3) is 15.4. The van der Waals surface area contributed by atoms with Crippen LogP contribution >= 0.6 is 11.3 Å². The van der Waals surface area contributed by atoms with E-state index < -0.39 is 0 Å². The van der Waals surface area contributed by atoms with Gasteiger partial charge in [0.05, 0.1) is 12.8 Å². The van der Waals surface area contributed by atoms with Crippen molar-refractivity contribution in [1.29, 1.82) is 0 Å². The number of hydrogen-bond donors (Lipinski definition) is 4. The van der Waals surface area contributed by atoms with E-state index in [9.17, 15) is 14.4 Å². The highest BCUT2D eigenvalue weighted by molar-refractivity contribution is 7.15. The molecule has 1 aromatic heterocycles. The Kier molecular flexibility index (Phi) is 16.2. The Balaban J connectivity index is 0.000000598. The Labute approximate surface area is 287 Å². The van der Waals surface area contributed by atoms with Crippen molar-refractivity contribution >= 4 is 34.6 Å². The van der Waals surface area contributed by atoms with Crippen LogP contribution in [-0.4, -0.2) is 47.3 Å². The highest BCUT2D eigenvalue weighted by Crippen LogP contribution is 2.18. The van der Waals surface area contributed by atoms with Crippen LogP contribution < -0.4 is 22.1 Å². The molecule has 4 aromatic rings. The zero-order valence-electron chi connectivity index (χ0n) is 27.6. The van der Waals surface area contributed by atoms with E-state index in [0.717, 1.165) is 53.8 Å². The van der Waals surface area contributed by atoms with Crippen molar-refractivity contribution in [2.75, 3.05) is 19.4 Å². The molecule has 252 valence electrons. The van der Waals surface area contributed by atoms with Crippen molar-refractivity contribution in [3.8, 4) is 0 Å². The van der Waals surface area contributed by atoms with E-state index in [1.807, 2.05) is 86.9 Å². The van der Waals surface area contributed by atoms with Crippen LogP contribution in [0.2, 0.25) is 0 Å². The number of nitrogens with two attached hydrogens (primary N) is 2. The molecule has 0 aliphatic carbocycles. The van der Waals surface area contributed by atoms with Gasteiger partial charge in [0.25, 0.3) is 0 Å². The van der Waals surface area contributed by atoms with Gasteiger partial charge in [-0.25, -0.2) is 0 Å². The number of benzene rings is 3. The molecule has 0 aliphatic rings. The summed E-state index contributed by atoms with van der Waals surface area (Å²) < 4.78 is 0. The Morgan fingerprint density at radius 2 is 1.44 bits per heavy atom. The van der Waals surface area contributed by atoms with Crippen LogP contribution in [0.15, 0.2) is 109 Å². The monoisotopic (exact) mass is 667 g/mol. The average molecular weight is 668 g/mol. The third-order valence-electron chi connectivity index (χ3n) is 6.80. The SMILES string of the molecule is CN(C)Cc1cccc(CC(=O)Nc2nnc(CCCC/C(N)=C/C=C(\N)NC(=O)Cc3ccccc3)s2)c1.O=CCc1ccccc1. The smallest absolute Gasteiger partial charge is 0.230 e. The molecule has 0 saturated carbocycles. The molecule has 0 unspecified atom stereocenters. The lowest BCUT2D eigenvalue weighted by Gasteiger charge is -2.10. The molecule has 11 heteroatoms. The molecular weight excluding hydrogens is 623 g/mol. The number of aromatic nitrogens is 2. The zero-order valence-corrected chi connectivity index (χ0v) is 28.4. The van der Waals surface area contributed by atoms with Crippen LogP contribution in [0.1, 0.15) is 46.5 Å². The molecule has 4 rings (SSSR count). The number of unbranched alkanes of at least 4 members (excludes halogenated alkanes) is 1. The molecule has 6 N–H and O–H groups in total. The van der Waals surface area contributed by atoms with E-state index in [1.54, 1.807) is 12.2 Å². The Bertz CT molecular complexity index is 1640. The second-order valence-electron chi connectivity index (χ2n) is 11.4. The first-order valence-electron chi connectivity index (χ1n) is 15.8. The van der Waals surface area contributed by atoms with E-state index in [1.165, 1.54) is 16.9 Å². The summed E-state index contributed by atoms with van der Waals surface area (Å²) in [5.41, 5.74) is 16.8. The van der Waals surface area contributed by atoms with E-state index >= 15 is 0 Å². The number of aryl methyl sites for hydroxylation is 1. The first-order valence-corrected chi connectivity index (χ1v) is 16.6. The first-order chi connectivity index (χ1) is 23.2. The molecular formula is C37H45N7O3S. The van der Waals surface area contributed by atoms with Crippen molar-refractivity contribution in [2.45, 2.75) is 51.5 Å². The number of hydrogen-bond acceptors (Lipinski definition) is 9. The Morgan fingerprint density at radius 3 is 2.12 bits per heavy atom. The van der Waals surface area contributed by atoms with Gasteiger partial charge >= 0.3 is 0 Å². The third-order valence-corrected chi connectivity index (χ3v) is 7.70. The summed E-state index contributed by atoms with van der Waals surface area (Å²) in [4.78, 5) is 36.6. The minimum Gasteiger partial charge on any atom is -0.402 e.